The molecule has 0 unspecified atom stereocenters. The summed E-state index contributed by atoms with van der Waals surface area (Å²) in [5.41, 5.74) is 4.58. The highest BCUT2D eigenvalue weighted by atomic mass is 79.9. The lowest BCUT2D eigenvalue weighted by atomic mass is 9.99. The van der Waals surface area contributed by atoms with Gasteiger partial charge in [0.15, 0.2) is 16.2 Å². The Bertz CT molecular complexity index is 1190. The van der Waals surface area contributed by atoms with Crippen LogP contribution >= 0.6 is 15.9 Å². The highest BCUT2D eigenvalue weighted by molar-refractivity contribution is 9.10. The van der Waals surface area contributed by atoms with Crippen LogP contribution in [0, 0.1) is 18.3 Å². The summed E-state index contributed by atoms with van der Waals surface area (Å²) in [6.07, 6.45) is 1.77. The number of H-pyrrole nitrogens is 1. The third-order valence-electron chi connectivity index (χ3n) is 4.50. The van der Waals surface area contributed by atoms with Gasteiger partial charge in [-0.2, -0.15) is 10.4 Å². The van der Waals surface area contributed by atoms with E-state index in [2.05, 4.69) is 37.2 Å². The van der Waals surface area contributed by atoms with Gasteiger partial charge in [-0.05, 0) is 75.9 Å². The molecule has 28 heavy (non-hydrogen) atoms. The van der Waals surface area contributed by atoms with E-state index in [0.29, 0.717) is 16.0 Å². The highest BCUT2D eigenvalue weighted by Gasteiger charge is 2.14. The summed E-state index contributed by atoms with van der Waals surface area (Å²) in [5.74, 6) is 2.19. The monoisotopic (exact) mass is 433 g/mol. The Morgan fingerprint density at radius 3 is 2.68 bits per heavy atom. The van der Waals surface area contributed by atoms with E-state index in [1.54, 1.807) is 6.20 Å². The fourth-order valence-electron chi connectivity index (χ4n) is 3.01. The molecular formula is C21H16BrN5O. The number of hydrogen-bond acceptors (Lipinski definition) is 5. The van der Waals surface area contributed by atoms with Crippen LogP contribution in [0.5, 0.6) is 0 Å². The topological polar surface area (TPSA) is 81.7 Å². The molecule has 0 fully saturated rings. The smallest absolute Gasteiger partial charge is 0.169 e. The van der Waals surface area contributed by atoms with Gasteiger partial charge in [0.1, 0.15) is 11.5 Å². The van der Waals surface area contributed by atoms with Crippen molar-refractivity contribution in [1.82, 2.24) is 15.2 Å². The van der Waals surface area contributed by atoms with Gasteiger partial charge in [0.2, 0.25) is 0 Å². The number of anilines is 2. The van der Waals surface area contributed by atoms with Crippen molar-refractivity contribution in [2.75, 3.05) is 11.9 Å². The first-order chi connectivity index (χ1) is 13.5. The number of nitrogens with one attached hydrogen (secondary N) is 1. The Labute approximate surface area is 170 Å². The maximum atomic E-state index is 9.07. The largest absolute Gasteiger partial charge is 0.448 e. The minimum absolute atomic E-state index is 0.654. The zero-order chi connectivity index (χ0) is 19.7. The maximum absolute atomic E-state index is 9.07. The van der Waals surface area contributed by atoms with Crippen molar-refractivity contribution < 1.29 is 4.42 Å². The molecule has 1 N–H and O–H groups in total. The second-order valence-corrected chi connectivity index (χ2v) is 7.13. The van der Waals surface area contributed by atoms with Crippen molar-refractivity contribution in [2.24, 2.45) is 0 Å². The van der Waals surface area contributed by atoms with Crippen LogP contribution in [0.4, 0.5) is 11.6 Å². The summed E-state index contributed by atoms with van der Waals surface area (Å²) in [5, 5.41) is 16.4. The Kier molecular flexibility index (Phi) is 4.72. The quantitative estimate of drug-likeness (QED) is 0.463. The van der Waals surface area contributed by atoms with Crippen LogP contribution in [0.2, 0.25) is 0 Å². The number of nitriles is 1. The van der Waals surface area contributed by atoms with Gasteiger partial charge in [-0.25, -0.2) is 4.98 Å². The minimum atomic E-state index is 0.654. The number of rotatable bonds is 4. The molecule has 0 saturated heterocycles. The number of furan rings is 1. The number of nitrogens with zero attached hydrogens (tertiary/aromatic N) is 4. The number of aromatic amines is 1. The van der Waals surface area contributed by atoms with Crippen LogP contribution < -0.4 is 4.90 Å². The lowest BCUT2D eigenvalue weighted by Crippen LogP contribution is -2.11. The van der Waals surface area contributed by atoms with E-state index < -0.39 is 0 Å². The Hall–Kier alpha value is -3.37. The average molecular weight is 434 g/mol. The normalized spacial score (nSPS) is 10.6. The number of halogens is 1. The van der Waals surface area contributed by atoms with Crippen LogP contribution in [0.3, 0.4) is 0 Å². The van der Waals surface area contributed by atoms with Gasteiger partial charge in [0.05, 0.1) is 11.6 Å². The first-order valence-electron chi connectivity index (χ1n) is 8.57. The predicted molar refractivity (Wildman–Crippen MR) is 111 cm³/mol. The fraction of sp³-hybridized carbons (Fsp3) is 0.0952. The van der Waals surface area contributed by atoms with E-state index in [0.717, 1.165) is 34.0 Å². The number of benzene rings is 1. The number of aromatic nitrogens is 3. The van der Waals surface area contributed by atoms with E-state index in [4.69, 9.17) is 9.68 Å². The van der Waals surface area contributed by atoms with E-state index in [-0.39, 0.29) is 0 Å². The average Bonchev–Trinajstić information content (AvgIpc) is 3.36. The van der Waals surface area contributed by atoms with Crippen molar-refractivity contribution in [3.8, 4) is 28.7 Å². The first kappa shape index (κ1) is 18.0. The minimum Gasteiger partial charge on any atom is -0.448 e. The molecule has 0 bridgehead atoms. The molecular weight excluding hydrogens is 418 g/mol. The third kappa shape index (κ3) is 3.42. The molecule has 7 heteroatoms. The molecule has 3 heterocycles. The van der Waals surface area contributed by atoms with E-state index >= 15 is 0 Å². The van der Waals surface area contributed by atoms with Gasteiger partial charge in [0.25, 0.3) is 0 Å². The van der Waals surface area contributed by atoms with Gasteiger partial charge in [-0.1, -0.05) is 6.07 Å². The lowest BCUT2D eigenvalue weighted by Gasteiger charge is -2.16. The maximum Gasteiger partial charge on any atom is 0.169 e. The number of aryl methyl sites for hydroxylation is 1. The lowest BCUT2D eigenvalue weighted by molar-refractivity contribution is 0.553. The van der Waals surface area contributed by atoms with Crippen molar-refractivity contribution in [3.63, 3.8) is 0 Å². The predicted octanol–water partition coefficient (Wildman–Crippen LogP) is 5.44. The molecule has 0 aliphatic carbocycles. The second kappa shape index (κ2) is 7.33. The van der Waals surface area contributed by atoms with Crippen LogP contribution in [0.1, 0.15) is 11.1 Å². The standard InChI is InChI=1S/C21H16BrN5O/c1-13-9-14(12-23)3-4-16(13)15-7-8-24-20(10-15)27(2)21-11-17(25-26-21)18-5-6-19(22)28-18/h3-11H,1-2H3,(H,25,26). The molecule has 0 radical (unpaired) electrons. The van der Waals surface area contributed by atoms with Crippen molar-refractivity contribution >= 4 is 27.6 Å². The summed E-state index contributed by atoms with van der Waals surface area (Å²) >= 11 is 3.31. The zero-order valence-electron chi connectivity index (χ0n) is 15.3. The molecule has 0 spiro atoms. The molecule has 0 saturated carbocycles. The highest BCUT2D eigenvalue weighted by Crippen LogP contribution is 2.30. The molecule has 0 atom stereocenters. The van der Waals surface area contributed by atoms with Gasteiger partial charge < -0.3 is 9.32 Å². The Morgan fingerprint density at radius 1 is 1.11 bits per heavy atom. The molecule has 0 amide bonds. The summed E-state index contributed by atoms with van der Waals surface area (Å²) < 4.78 is 6.23. The molecule has 0 aliphatic heterocycles. The van der Waals surface area contributed by atoms with Crippen molar-refractivity contribution in [3.05, 3.63) is 70.5 Å². The SMILES string of the molecule is Cc1cc(C#N)ccc1-c1ccnc(N(C)c2cc(-c3ccc(Br)o3)[nH]n2)c1. The molecule has 0 aliphatic rings. The Morgan fingerprint density at radius 2 is 1.96 bits per heavy atom. The van der Waals surface area contributed by atoms with Crippen molar-refractivity contribution in [1.29, 1.82) is 5.26 Å². The van der Waals surface area contributed by atoms with Gasteiger partial charge in [0, 0.05) is 19.3 Å². The molecule has 4 aromatic rings. The van der Waals surface area contributed by atoms with Crippen LogP contribution in [0.15, 0.2) is 63.8 Å². The zero-order valence-corrected chi connectivity index (χ0v) is 16.9. The number of hydrogen-bond donors (Lipinski definition) is 1. The van der Waals surface area contributed by atoms with E-state index in [1.807, 2.05) is 67.4 Å². The second-order valence-electron chi connectivity index (χ2n) is 6.35. The Balaban J connectivity index is 1.64. The summed E-state index contributed by atoms with van der Waals surface area (Å²) in [6, 6.07) is 17.4. The fourth-order valence-corrected chi connectivity index (χ4v) is 3.32. The van der Waals surface area contributed by atoms with Crippen LogP contribution in [-0.4, -0.2) is 22.2 Å². The van der Waals surface area contributed by atoms with E-state index in [1.165, 1.54) is 0 Å². The molecule has 3 aromatic heterocycles. The van der Waals surface area contributed by atoms with Crippen LogP contribution in [-0.2, 0) is 0 Å². The third-order valence-corrected chi connectivity index (χ3v) is 4.93. The van der Waals surface area contributed by atoms with E-state index in [9.17, 15) is 0 Å². The molecule has 4 rings (SSSR count). The summed E-state index contributed by atoms with van der Waals surface area (Å²) in [6.45, 7) is 2.00. The summed E-state index contributed by atoms with van der Waals surface area (Å²) in [7, 11) is 1.91. The molecule has 6 nitrogen and oxygen atoms in total. The van der Waals surface area contributed by atoms with Gasteiger partial charge >= 0.3 is 0 Å². The number of pyridine rings is 1. The molecule has 138 valence electrons. The van der Waals surface area contributed by atoms with Gasteiger partial charge in [-0.15, -0.1) is 0 Å². The molecule has 1 aromatic carbocycles. The summed E-state index contributed by atoms with van der Waals surface area (Å²) in [4.78, 5) is 6.38. The first-order valence-corrected chi connectivity index (χ1v) is 9.36. The van der Waals surface area contributed by atoms with Crippen molar-refractivity contribution in [2.45, 2.75) is 6.92 Å². The van der Waals surface area contributed by atoms with Gasteiger partial charge in [-0.3, -0.25) is 5.10 Å². The van der Waals surface area contributed by atoms with Crippen LogP contribution in [0.25, 0.3) is 22.6 Å².